The van der Waals surface area contributed by atoms with E-state index in [0.29, 0.717) is 0 Å². The van der Waals surface area contributed by atoms with Crippen LogP contribution in [0.1, 0.15) is 11.1 Å². The SMILES string of the molecule is CNC(=O)C(=NOC)c1ccccc1COc1c(F)c(F)c(F)c(F)c1F. The summed E-state index contributed by atoms with van der Waals surface area (Å²) in [6.07, 6.45) is 0. The van der Waals surface area contributed by atoms with E-state index in [1.165, 1.54) is 32.4 Å². The highest BCUT2D eigenvalue weighted by Crippen LogP contribution is 2.30. The molecule has 0 spiro atoms. The topological polar surface area (TPSA) is 59.9 Å². The maximum atomic E-state index is 13.7. The van der Waals surface area contributed by atoms with E-state index in [1.54, 1.807) is 6.07 Å². The molecule has 2 aromatic carbocycles. The van der Waals surface area contributed by atoms with Crippen molar-refractivity contribution >= 4 is 11.6 Å². The van der Waals surface area contributed by atoms with Crippen molar-refractivity contribution in [1.82, 2.24) is 5.32 Å². The van der Waals surface area contributed by atoms with Crippen LogP contribution < -0.4 is 10.1 Å². The van der Waals surface area contributed by atoms with Gasteiger partial charge in [0.1, 0.15) is 13.7 Å². The zero-order valence-electron chi connectivity index (χ0n) is 14.1. The van der Waals surface area contributed by atoms with Crippen molar-refractivity contribution in [3.63, 3.8) is 0 Å². The molecular formula is C17H13F5N2O3. The number of nitrogens with one attached hydrogen (secondary N) is 1. The largest absolute Gasteiger partial charge is 0.483 e. The van der Waals surface area contributed by atoms with Crippen molar-refractivity contribution in [1.29, 1.82) is 0 Å². The molecule has 0 heterocycles. The maximum absolute atomic E-state index is 13.7. The van der Waals surface area contributed by atoms with Crippen LogP contribution in [0, 0.1) is 29.1 Å². The van der Waals surface area contributed by atoms with Gasteiger partial charge in [-0.3, -0.25) is 4.79 Å². The van der Waals surface area contributed by atoms with E-state index in [9.17, 15) is 26.7 Å². The lowest BCUT2D eigenvalue weighted by molar-refractivity contribution is -0.114. The van der Waals surface area contributed by atoms with Crippen molar-refractivity contribution in [2.24, 2.45) is 5.16 Å². The Morgan fingerprint density at radius 2 is 1.56 bits per heavy atom. The number of rotatable bonds is 6. The van der Waals surface area contributed by atoms with Gasteiger partial charge in [-0.15, -0.1) is 0 Å². The molecule has 2 aromatic rings. The summed E-state index contributed by atoms with van der Waals surface area (Å²) in [7, 11) is 2.55. The first-order valence-electron chi connectivity index (χ1n) is 7.39. The molecule has 0 bridgehead atoms. The molecule has 0 aliphatic heterocycles. The summed E-state index contributed by atoms with van der Waals surface area (Å²) in [5.41, 5.74) is 0.208. The molecule has 0 radical (unpaired) electrons. The molecule has 0 atom stereocenters. The maximum Gasteiger partial charge on any atom is 0.273 e. The number of ether oxygens (including phenoxy) is 1. The van der Waals surface area contributed by atoms with Gasteiger partial charge in [0.2, 0.25) is 29.1 Å². The molecule has 10 heteroatoms. The van der Waals surface area contributed by atoms with E-state index in [2.05, 4.69) is 15.3 Å². The Kier molecular flexibility index (Phi) is 6.32. The van der Waals surface area contributed by atoms with Crippen LogP contribution in [0.25, 0.3) is 0 Å². The first kappa shape index (κ1) is 20.1. The third-order valence-electron chi connectivity index (χ3n) is 3.44. The number of benzene rings is 2. The molecule has 1 N–H and O–H groups in total. The summed E-state index contributed by atoms with van der Waals surface area (Å²) in [6, 6.07) is 5.94. The number of hydrogen-bond acceptors (Lipinski definition) is 4. The van der Waals surface area contributed by atoms with Gasteiger partial charge in [-0.25, -0.2) is 13.2 Å². The fourth-order valence-electron chi connectivity index (χ4n) is 2.16. The molecule has 0 unspecified atom stereocenters. The van der Waals surface area contributed by atoms with E-state index in [-0.39, 0.29) is 16.8 Å². The summed E-state index contributed by atoms with van der Waals surface area (Å²) >= 11 is 0. The van der Waals surface area contributed by atoms with Crippen molar-refractivity contribution in [3.8, 4) is 5.75 Å². The van der Waals surface area contributed by atoms with Crippen LogP contribution in [-0.2, 0) is 16.2 Å². The number of oxime groups is 1. The first-order valence-corrected chi connectivity index (χ1v) is 7.39. The minimum absolute atomic E-state index is 0.170. The molecule has 0 aromatic heterocycles. The zero-order valence-corrected chi connectivity index (χ0v) is 14.1. The molecule has 0 saturated carbocycles. The van der Waals surface area contributed by atoms with Crippen LogP contribution in [0.15, 0.2) is 29.4 Å². The van der Waals surface area contributed by atoms with Crippen LogP contribution in [-0.4, -0.2) is 25.8 Å². The minimum atomic E-state index is -2.29. The number of halogens is 5. The number of likely N-dealkylation sites (N-methyl/N-ethyl adjacent to an activating group) is 1. The predicted octanol–water partition coefficient (Wildman–Crippen LogP) is 3.06. The Labute approximate surface area is 150 Å². The van der Waals surface area contributed by atoms with E-state index in [1.807, 2.05) is 0 Å². The van der Waals surface area contributed by atoms with E-state index in [0.717, 1.165) is 0 Å². The number of carbonyl (C=O) groups is 1. The predicted molar refractivity (Wildman–Crippen MR) is 84.6 cm³/mol. The molecule has 0 saturated heterocycles. The quantitative estimate of drug-likeness (QED) is 0.272. The van der Waals surface area contributed by atoms with Gasteiger partial charge >= 0.3 is 0 Å². The average molecular weight is 388 g/mol. The smallest absolute Gasteiger partial charge is 0.273 e. The van der Waals surface area contributed by atoms with E-state index >= 15 is 0 Å². The zero-order chi connectivity index (χ0) is 20.1. The summed E-state index contributed by atoms with van der Waals surface area (Å²) in [6.45, 7) is -0.603. The Balaban J connectivity index is 2.42. The molecular weight excluding hydrogens is 375 g/mol. The first-order chi connectivity index (χ1) is 12.8. The van der Waals surface area contributed by atoms with Crippen LogP contribution in [0.5, 0.6) is 5.75 Å². The highest BCUT2D eigenvalue weighted by atomic mass is 19.2. The third kappa shape index (κ3) is 3.99. The number of amides is 1. The second kappa shape index (κ2) is 8.47. The molecule has 0 fully saturated rings. The van der Waals surface area contributed by atoms with Crippen LogP contribution in [0.4, 0.5) is 22.0 Å². The van der Waals surface area contributed by atoms with Crippen molar-refractivity contribution in [3.05, 3.63) is 64.5 Å². The van der Waals surface area contributed by atoms with Crippen molar-refractivity contribution in [2.45, 2.75) is 6.61 Å². The number of carbonyl (C=O) groups excluding carboxylic acids is 1. The summed E-state index contributed by atoms with van der Waals surface area (Å²) in [4.78, 5) is 16.5. The van der Waals surface area contributed by atoms with Crippen molar-refractivity contribution < 1.29 is 36.3 Å². The normalized spacial score (nSPS) is 11.3. The third-order valence-corrected chi connectivity index (χ3v) is 3.44. The average Bonchev–Trinajstić information content (AvgIpc) is 2.69. The summed E-state index contributed by atoms with van der Waals surface area (Å²) in [5.74, 6) is -12.8. The van der Waals surface area contributed by atoms with Crippen LogP contribution in [0.2, 0.25) is 0 Å². The molecule has 1 amide bonds. The molecule has 0 aliphatic carbocycles. The monoisotopic (exact) mass is 388 g/mol. The standard InChI is InChI=1S/C17H13F5N2O3/c1-23-17(25)15(24-26-2)9-6-4-3-5-8(9)7-27-16-13(21)11(19)10(18)12(20)14(16)22/h3-6H,7H2,1-2H3,(H,23,25). The molecule has 2 rings (SSSR count). The summed E-state index contributed by atoms with van der Waals surface area (Å²) in [5, 5.41) is 5.92. The molecule has 0 aliphatic rings. The van der Waals surface area contributed by atoms with Crippen molar-refractivity contribution in [2.75, 3.05) is 14.2 Å². The van der Waals surface area contributed by atoms with Crippen LogP contribution >= 0.6 is 0 Å². The van der Waals surface area contributed by atoms with Crippen LogP contribution in [0.3, 0.4) is 0 Å². The van der Waals surface area contributed by atoms with Gasteiger partial charge in [-0.05, 0) is 5.56 Å². The molecule has 27 heavy (non-hydrogen) atoms. The van der Waals surface area contributed by atoms with Gasteiger partial charge in [0, 0.05) is 12.6 Å². The second-order valence-corrected chi connectivity index (χ2v) is 5.05. The number of hydrogen-bond donors (Lipinski definition) is 1. The Morgan fingerprint density at radius 3 is 2.11 bits per heavy atom. The van der Waals surface area contributed by atoms with E-state index < -0.39 is 47.3 Å². The lowest BCUT2D eigenvalue weighted by Gasteiger charge is -2.13. The van der Waals surface area contributed by atoms with Gasteiger partial charge in [-0.2, -0.15) is 8.78 Å². The highest BCUT2D eigenvalue weighted by molar-refractivity contribution is 6.45. The van der Waals surface area contributed by atoms with Gasteiger partial charge in [0.05, 0.1) is 0 Å². The Bertz CT molecular complexity index is 873. The van der Waals surface area contributed by atoms with Gasteiger partial charge in [0.25, 0.3) is 5.91 Å². The summed E-state index contributed by atoms with van der Waals surface area (Å²) < 4.78 is 71.9. The fourth-order valence-corrected chi connectivity index (χ4v) is 2.16. The highest BCUT2D eigenvalue weighted by Gasteiger charge is 2.27. The van der Waals surface area contributed by atoms with Gasteiger partial charge in [-0.1, -0.05) is 29.4 Å². The second-order valence-electron chi connectivity index (χ2n) is 5.05. The van der Waals surface area contributed by atoms with Gasteiger partial charge in [0.15, 0.2) is 11.5 Å². The Hall–Kier alpha value is -3.17. The minimum Gasteiger partial charge on any atom is -0.483 e. The number of nitrogens with zero attached hydrogens (tertiary/aromatic N) is 1. The van der Waals surface area contributed by atoms with E-state index in [4.69, 9.17) is 4.74 Å². The van der Waals surface area contributed by atoms with Gasteiger partial charge < -0.3 is 14.9 Å². The lowest BCUT2D eigenvalue weighted by atomic mass is 10.0. The fraction of sp³-hybridized carbons (Fsp3) is 0.176. The Morgan fingerprint density at radius 1 is 1.00 bits per heavy atom. The molecule has 144 valence electrons. The lowest BCUT2D eigenvalue weighted by Crippen LogP contribution is -2.29. The molecule has 5 nitrogen and oxygen atoms in total.